The monoisotopic (exact) mass is 483 g/mol. The Morgan fingerprint density at radius 2 is 1.77 bits per heavy atom. The van der Waals surface area contributed by atoms with Crippen molar-refractivity contribution in [2.45, 2.75) is 46.5 Å². The van der Waals surface area contributed by atoms with Crippen LogP contribution in [0.25, 0.3) is 5.69 Å². The van der Waals surface area contributed by atoms with E-state index in [1.807, 2.05) is 44.2 Å². The first-order valence-corrected chi connectivity index (χ1v) is 10.0. The third kappa shape index (κ3) is 4.14. The summed E-state index contributed by atoms with van der Waals surface area (Å²) < 4.78 is 42.0. The van der Waals surface area contributed by atoms with Crippen LogP contribution in [0.3, 0.4) is 0 Å². The highest BCUT2D eigenvalue weighted by molar-refractivity contribution is 9.10. The van der Waals surface area contributed by atoms with Gasteiger partial charge in [0.05, 0.1) is 21.5 Å². The summed E-state index contributed by atoms with van der Waals surface area (Å²) in [6, 6.07) is 8.68. The summed E-state index contributed by atoms with van der Waals surface area (Å²) in [6.45, 7) is 6.95. The molecule has 0 aliphatic carbocycles. The Bertz CT molecular complexity index is 1070. The lowest BCUT2D eigenvalue weighted by Crippen LogP contribution is -2.32. The molecule has 1 N–H and O–H groups in total. The summed E-state index contributed by atoms with van der Waals surface area (Å²) in [4.78, 5) is 12.6. The third-order valence-corrected chi connectivity index (χ3v) is 5.92. The van der Waals surface area contributed by atoms with Gasteiger partial charge in [-0.15, -0.1) is 0 Å². The van der Waals surface area contributed by atoms with Gasteiger partial charge in [-0.3, -0.25) is 9.48 Å². The van der Waals surface area contributed by atoms with Crippen LogP contribution in [0.4, 0.5) is 13.2 Å². The molecule has 0 radical (unpaired) electrons. The van der Waals surface area contributed by atoms with E-state index in [0.717, 1.165) is 27.3 Å². The number of carbonyl (C=O) groups excluding carboxylic acids is 1. The van der Waals surface area contributed by atoms with Gasteiger partial charge in [0.25, 0.3) is 0 Å². The van der Waals surface area contributed by atoms with E-state index in [4.69, 9.17) is 0 Å². The lowest BCUT2D eigenvalue weighted by molar-refractivity contribution is -0.142. The topological polar surface area (TPSA) is 64.7 Å². The van der Waals surface area contributed by atoms with Gasteiger partial charge in [0.15, 0.2) is 5.69 Å². The molecule has 1 amide bonds. The van der Waals surface area contributed by atoms with E-state index in [9.17, 15) is 18.0 Å². The fraction of sp³-hybridized carbons (Fsp3) is 0.350. The SMILES string of the molecule is Cc1nn(-c2ccccc2)c(C)c1CNC(=O)[C@@H](C)n1nc(C(F)(F)F)c(Br)c1C. The number of alkyl halides is 3. The van der Waals surface area contributed by atoms with Crippen molar-refractivity contribution in [2.24, 2.45) is 0 Å². The molecule has 2 aromatic heterocycles. The zero-order valence-corrected chi connectivity index (χ0v) is 18.5. The number of benzene rings is 1. The number of aryl methyl sites for hydroxylation is 1. The van der Waals surface area contributed by atoms with Crippen LogP contribution in [0.5, 0.6) is 0 Å². The van der Waals surface area contributed by atoms with E-state index in [2.05, 4.69) is 31.4 Å². The smallest absolute Gasteiger partial charge is 0.350 e. The molecule has 160 valence electrons. The summed E-state index contributed by atoms with van der Waals surface area (Å²) in [5.41, 5.74) is 2.59. The molecule has 1 aromatic carbocycles. The molecule has 30 heavy (non-hydrogen) atoms. The Balaban J connectivity index is 1.78. The molecule has 0 saturated heterocycles. The fourth-order valence-electron chi connectivity index (χ4n) is 3.24. The van der Waals surface area contributed by atoms with Crippen molar-refractivity contribution in [3.05, 3.63) is 63.1 Å². The van der Waals surface area contributed by atoms with Crippen LogP contribution in [0, 0.1) is 20.8 Å². The van der Waals surface area contributed by atoms with E-state index in [-0.39, 0.29) is 16.7 Å². The van der Waals surface area contributed by atoms with Gasteiger partial charge in [-0.05, 0) is 55.8 Å². The number of nitrogens with one attached hydrogen (secondary N) is 1. The maximum Gasteiger partial charge on any atom is 0.436 e. The summed E-state index contributed by atoms with van der Waals surface area (Å²) in [6.07, 6.45) is -4.61. The molecule has 0 spiro atoms. The number of para-hydroxylation sites is 1. The zero-order valence-electron chi connectivity index (χ0n) is 16.9. The highest BCUT2D eigenvalue weighted by Gasteiger charge is 2.39. The zero-order chi connectivity index (χ0) is 22.2. The molecule has 10 heteroatoms. The normalized spacial score (nSPS) is 12.8. The predicted octanol–water partition coefficient (Wildman–Crippen LogP) is 4.65. The van der Waals surface area contributed by atoms with Gasteiger partial charge in [-0.1, -0.05) is 18.2 Å². The Morgan fingerprint density at radius 3 is 2.33 bits per heavy atom. The van der Waals surface area contributed by atoms with Crippen LogP contribution in [-0.2, 0) is 17.5 Å². The van der Waals surface area contributed by atoms with Gasteiger partial charge < -0.3 is 5.32 Å². The molecule has 0 saturated carbocycles. The van der Waals surface area contributed by atoms with E-state index in [0.29, 0.717) is 0 Å². The third-order valence-electron chi connectivity index (χ3n) is 4.97. The van der Waals surface area contributed by atoms with E-state index < -0.39 is 23.8 Å². The highest BCUT2D eigenvalue weighted by atomic mass is 79.9. The number of halogens is 4. The lowest BCUT2D eigenvalue weighted by Gasteiger charge is -2.15. The van der Waals surface area contributed by atoms with Gasteiger partial charge in [0.1, 0.15) is 6.04 Å². The second-order valence-electron chi connectivity index (χ2n) is 6.98. The number of amides is 1. The molecule has 6 nitrogen and oxygen atoms in total. The van der Waals surface area contributed by atoms with Crippen molar-refractivity contribution in [1.82, 2.24) is 24.9 Å². The maximum absolute atomic E-state index is 13.1. The van der Waals surface area contributed by atoms with Gasteiger partial charge in [-0.25, -0.2) is 4.68 Å². The number of aromatic nitrogens is 4. The average molecular weight is 484 g/mol. The molecular formula is C20H21BrF3N5O. The lowest BCUT2D eigenvalue weighted by atomic mass is 10.2. The molecule has 3 rings (SSSR count). The molecule has 1 atom stereocenters. The van der Waals surface area contributed by atoms with Crippen molar-refractivity contribution < 1.29 is 18.0 Å². The van der Waals surface area contributed by atoms with Gasteiger partial charge in [0, 0.05) is 17.8 Å². The predicted molar refractivity (Wildman–Crippen MR) is 109 cm³/mol. The average Bonchev–Trinajstić information content (AvgIpc) is 3.16. The Morgan fingerprint density at radius 1 is 1.13 bits per heavy atom. The minimum Gasteiger partial charge on any atom is -0.350 e. The van der Waals surface area contributed by atoms with Gasteiger partial charge in [-0.2, -0.15) is 23.4 Å². The number of hydrogen-bond acceptors (Lipinski definition) is 3. The highest BCUT2D eigenvalue weighted by Crippen LogP contribution is 2.36. The summed E-state index contributed by atoms with van der Waals surface area (Å²) in [5.74, 6) is -0.437. The standard InChI is InChI=1S/C20H21BrF3N5O/c1-11-16(12(2)29(26-11)15-8-6-5-7-9-15)10-25-19(30)14(4)28-13(3)17(21)18(27-28)20(22,23)24/h5-9,14H,10H2,1-4H3,(H,25,30)/t14-/m1/s1. The van der Waals surface area contributed by atoms with Crippen molar-refractivity contribution in [3.63, 3.8) is 0 Å². The molecule has 0 unspecified atom stereocenters. The summed E-state index contributed by atoms with van der Waals surface area (Å²) >= 11 is 2.93. The molecular weight excluding hydrogens is 463 g/mol. The molecule has 0 aliphatic heterocycles. The Labute approximate surface area is 180 Å². The van der Waals surface area contributed by atoms with Gasteiger partial charge >= 0.3 is 6.18 Å². The van der Waals surface area contributed by atoms with Crippen LogP contribution in [0.2, 0.25) is 0 Å². The molecule has 0 bridgehead atoms. The van der Waals surface area contributed by atoms with Crippen LogP contribution < -0.4 is 5.32 Å². The molecule has 0 fully saturated rings. The second-order valence-corrected chi connectivity index (χ2v) is 7.77. The van der Waals surface area contributed by atoms with E-state index in [1.165, 1.54) is 13.8 Å². The number of carbonyl (C=O) groups is 1. The molecule has 2 heterocycles. The first-order chi connectivity index (χ1) is 14.0. The first-order valence-electron chi connectivity index (χ1n) is 9.22. The summed E-state index contributed by atoms with van der Waals surface area (Å²) in [5, 5.41) is 10.9. The van der Waals surface area contributed by atoms with Crippen molar-refractivity contribution in [2.75, 3.05) is 0 Å². The van der Waals surface area contributed by atoms with Crippen molar-refractivity contribution in [1.29, 1.82) is 0 Å². The Kier molecular flexibility index (Phi) is 6.07. The number of hydrogen-bond donors (Lipinski definition) is 1. The van der Waals surface area contributed by atoms with Crippen LogP contribution in [0.1, 0.15) is 41.3 Å². The Hall–Kier alpha value is -2.62. The van der Waals surface area contributed by atoms with Crippen LogP contribution in [-0.4, -0.2) is 25.5 Å². The van der Waals surface area contributed by atoms with Crippen molar-refractivity contribution >= 4 is 21.8 Å². The van der Waals surface area contributed by atoms with Crippen molar-refractivity contribution in [3.8, 4) is 5.69 Å². The van der Waals surface area contributed by atoms with E-state index >= 15 is 0 Å². The minimum absolute atomic E-state index is 0.162. The fourth-order valence-corrected chi connectivity index (χ4v) is 3.73. The number of rotatable bonds is 5. The second kappa shape index (κ2) is 8.25. The van der Waals surface area contributed by atoms with Crippen LogP contribution in [0.15, 0.2) is 34.8 Å². The minimum atomic E-state index is -4.61. The first kappa shape index (κ1) is 22.1. The molecule has 0 aliphatic rings. The summed E-state index contributed by atoms with van der Waals surface area (Å²) in [7, 11) is 0. The van der Waals surface area contributed by atoms with E-state index in [1.54, 1.807) is 4.68 Å². The van der Waals surface area contributed by atoms with Gasteiger partial charge in [0.2, 0.25) is 5.91 Å². The quantitative estimate of drug-likeness (QED) is 0.574. The largest absolute Gasteiger partial charge is 0.436 e. The number of nitrogens with zero attached hydrogens (tertiary/aromatic N) is 4. The maximum atomic E-state index is 13.1. The molecule has 3 aromatic rings. The van der Waals surface area contributed by atoms with Crippen LogP contribution >= 0.6 is 15.9 Å².